The number of carboxylic acids is 1. The molecule has 1 heterocycles. The van der Waals surface area contributed by atoms with E-state index in [-0.39, 0.29) is 11.8 Å². The van der Waals surface area contributed by atoms with Crippen molar-refractivity contribution in [1.29, 1.82) is 0 Å². The SMILES string of the molecule is CCCC1(C(=O)O)CCCN(C(=O)C(C)CSC)C1. The Morgan fingerprint density at radius 3 is 2.68 bits per heavy atom. The highest BCUT2D eigenvalue weighted by Gasteiger charge is 2.43. The third-order valence-corrected chi connectivity index (χ3v) is 4.74. The molecule has 0 saturated carbocycles. The first-order chi connectivity index (χ1) is 8.96. The standard InChI is InChI=1S/C14H25NO3S/c1-4-6-14(13(17)18)7-5-8-15(10-14)12(16)11(2)9-19-3/h11H,4-10H2,1-3H3,(H,17,18). The second-order valence-electron chi connectivity index (χ2n) is 5.56. The van der Waals surface area contributed by atoms with Crippen molar-refractivity contribution in [3.8, 4) is 0 Å². The first kappa shape index (κ1) is 16.3. The Balaban J connectivity index is 2.77. The number of nitrogens with zero attached hydrogens (tertiary/aromatic N) is 1. The number of rotatable bonds is 6. The number of hydrogen-bond acceptors (Lipinski definition) is 3. The first-order valence-electron chi connectivity index (χ1n) is 6.98. The Kier molecular flexibility index (Phi) is 6.17. The molecule has 2 atom stereocenters. The summed E-state index contributed by atoms with van der Waals surface area (Å²) in [5.74, 6) is 0.129. The maximum Gasteiger partial charge on any atom is 0.311 e. The highest BCUT2D eigenvalue weighted by molar-refractivity contribution is 7.98. The molecule has 1 saturated heterocycles. The fourth-order valence-electron chi connectivity index (χ4n) is 2.92. The number of piperidine rings is 1. The van der Waals surface area contributed by atoms with Crippen molar-refractivity contribution >= 4 is 23.6 Å². The second kappa shape index (κ2) is 7.17. The van der Waals surface area contributed by atoms with Crippen molar-refractivity contribution in [2.24, 2.45) is 11.3 Å². The molecule has 0 aliphatic carbocycles. The number of carbonyl (C=O) groups is 2. The zero-order valence-electron chi connectivity index (χ0n) is 12.1. The lowest BCUT2D eigenvalue weighted by molar-refractivity contribution is -0.156. The molecular formula is C14H25NO3S. The maximum absolute atomic E-state index is 12.3. The van der Waals surface area contributed by atoms with Crippen LogP contribution in [0.3, 0.4) is 0 Å². The van der Waals surface area contributed by atoms with Gasteiger partial charge < -0.3 is 10.0 Å². The zero-order chi connectivity index (χ0) is 14.5. The molecule has 1 N–H and O–H groups in total. The van der Waals surface area contributed by atoms with Crippen LogP contribution in [0.25, 0.3) is 0 Å². The largest absolute Gasteiger partial charge is 0.481 e. The lowest BCUT2D eigenvalue weighted by atomic mass is 9.76. The molecule has 0 aromatic heterocycles. The summed E-state index contributed by atoms with van der Waals surface area (Å²) >= 11 is 1.65. The maximum atomic E-state index is 12.3. The van der Waals surface area contributed by atoms with Gasteiger partial charge in [0.1, 0.15) is 0 Å². The van der Waals surface area contributed by atoms with Crippen LogP contribution in [0.5, 0.6) is 0 Å². The predicted octanol–water partition coefficient (Wildman–Crippen LogP) is 2.48. The molecule has 0 aromatic rings. The minimum absolute atomic E-state index is 0.0266. The number of amides is 1. The summed E-state index contributed by atoms with van der Waals surface area (Å²) in [7, 11) is 0. The normalized spacial score (nSPS) is 25.1. The van der Waals surface area contributed by atoms with Crippen molar-refractivity contribution in [3.05, 3.63) is 0 Å². The van der Waals surface area contributed by atoms with Gasteiger partial charge in [-0.25, -0.2) is 0 Å². The van der Waals surface area contributed by atoms with E-state index in [4.69, 9.17) is 0 Å². The van der Waals surface area contributed by atoms with Crippen molar-refractivity contribution in [2.75, 3.05) is 25.1 Å². The Morgan fingerprint density at radius 2 is 2.16 bits per heavy atom. The average molecular weight is 287 g/mol. The first-order valence-corrected chi connectivity index (χ1v) is 8.37. The van der Waals surface area contributed by atoms with Gasteiger partial charge in [0, 0.05) is 24.8 Å². The lowest BCUT2D eigenvalue weighted by Gasteiger charge is -2.40. The van der Waals surface area contributed by atoms with E-state index < -0.39 is 11.4 Å². The Bertz CT molecular complexity index is 331. The van der Waals surface area contributed by atoms with E-state index in [1.165, 1.54) is 0 Å². The fourth-order valence-corrected chi connectivity index (χ4v) is 3.56. The fraction of sp³-hybridized carbons (Fsp3) is 0.857. The van der Waals surface area contributed by atoms with Crippen LogP contribution in [0.4, 0.5) is 0 Å². The van der Waals surface area contributed by atoms with Gasteiger partial charge in [-0.05, 0) is 25.5 Å². The van der Waals surface area contributed by atoms with Crippen LogP contribution in [0.2, 0.25) is 0 Å². The monoisotopic (exact) mass is 287 g/mol. The van der Waals surface area contributed by atoms with Crippen LogP contribution in [-0.4, -0.2) is 47.0 Å². The Hall–Kier alpha value is -0.710. The minimum atomic E-state index is -0.746. The number of carbonyl (C=O) groups excluding carboxylic acids is 1. The summed E-state index contributed by atoms with van der Waals surface area (Å²) in [5.41, 5.74) is -0.720. The summed E-state index contributed by atoms with van der Waals surface area (Å²) in [5, 5.41) is 9.52. The third-order valence-electron chi connectivity index (χ3n) is 3.91. The van der Waals surface area contributed by atoms with Gasteiger partial charge in [0.05, 0.1) is 5.41 Å². The summed E-state index contributed by atoms with van der Waals surface area (Å²) in [6, 6.07) is 0. The van der Waals surface area contributed by atoms with E-state index in [2.05, 4.69) is 0 Å². The molecule has 2 unspecified atom stereocenters. The van der Waals surface area contributed by atoms with Gasteiger partial charge >= 0.3 is 5.97 Å². The second-order valence-corrected chi connectivity index (χ2v) is 6.47. The van der Waals surface area contributed by atoms with Gasteiger partial charge in [-0.15, -0.1) is 0 Å². The van der Waals surface area contributed by atoms with E-state index in [1.807, 2.05) is 20.1 Å². The summed E-state index contributed by atoms with van der Waals surface area (Å²) < 4.78 is 0. The van der Waals surface area contributed by atoms with Gasteiger partial charge in [-0.3, -0.25) is 9.59 Å². The van der Waals surface area contributed by atoms with Gasteiger partial charge in [0.15, 0.2) is 0 Å². The molecule has 0 bridgehead atoms. The number of hydrogen-bond donors (Lipinski definition) is 1. The summed E-state index contributed by atoms with van der Waals surface area (Å²) in [6.45, 7) is 5.02. The topological polar surface area (TPSA) is 57.6 Å². The number of carboxylic acid groups (broad SMARTS) is 1. The van der Waals surface area contributed by atoms with Crippen LogP contribution in [0, 0.1) is 11.3 Å². The molecule has 0 radical (unpaired) electrons. The quantitative estimate of drug-likeness (QED) is 0.815. The summed E-state index contributed by atoms with van der Waals surface area (Å²) in [4.78, 5) is 25.7. The predicted molar refractivity (Wildman–Crippen MR) is 78.3 cm³/mol. The molecule has 1 rings (SSSR count). The molecule has 1 aliphatic rings. The number of thioether (sulfide) groups is 1. The third kappa shape index (κ3) is 3.88. The van der Waals surface area contributed by atoms with E-state index in [0.717, 1.165) is 18.6 Å². The van der Waals surface area contributed by atoms with Crippen LogP contribution in [0.1, 0.15) is 39.5 Å². The van der Waals surface area contributed by atoms with Crippen LogP contribution in [0.15, 0.2) is 0 Å². The minimum Gasteiger partial charge on any atom is -0.481 e. The number of likely N-dealkylation sites (tertiary alicyclic amines) is 1. The number of aliphatic carboxylic acids is 1. The van der Waals surface area contributed by atoms with Crippen LogP contribution in [-0.2, 0) is 9.59 Å². The van der Waals surface area contributed by atoms with Crippen molar-refractivity contribution in [1.82, 2.24) is 4.90 Å². The molecule has 1 fully saturated rings. The molecule has 0 aromatic carbocycles. The smallest absolute Gasteiger partial charge is 0.311 e. The molecular weight excluding hydrogens is 262 g/mol. The van der Waals surface area contributed by atoms with Crippen LogP contribution < -0.4 is 0 Å². The van der Waals surface area contributed by atoms with Crippen molar-refractivity contribution < 1.29 is 14.7 Å². The van der Waals surface area contributed by atoms with Crippen LogP contribution >= 0.6 is 11.8 Å². The molecule has 1 aliphatic heterocycles. The molecule has 19 heavy (non-hydrogen) atoms. The van der Waals surface area contributed by atoms with E-state index >= 15 is 0 Å². The molecule has 1 amide bonds. The highest BCUT2D eigenvalue weighted by Crippen LogP contribution is 2.35. The summed E-state index contributed by atoms with van der Waals surface area (Å²) in [6.07, 6.45) is 4.97. The Morgan fingerprint density at radius 1 is 1.47 bits per heavy atom. The van der Waals surface area contributed by atoms with E-state index in [0.29, 0.717) is 25.9 Å². The van der Waals surface area contributed by atoms with E-state index in [1.54, 1.807) is 16.7 Å². The molecule has 0 spiro atoms. The van der Waals surface area contributed by atoms with E-state index in [9.17, 15) is 14.7 Å². The zero-order valence-corrected chi connectivity index (χ0v) is 13.0. The van der Waals surface area contributed by atoms with Gasteiger partial charge in [-0.2, -0.15) is 11.8 Å². The van der Waals surface area contributed by atoms with Crippen molar-refractivity contribution in [2.45, 2.75) is 39.5 Å². The Labute approximate surface area is 119 Å². The van der Waals surface area contributed by atoms with Gasteiger partial charge in [0.25, 0.3) is 0 Å². The molecule has 5 heteroatoms. The average Bonchev–Trinajstić information content (AvgIpc) is 2.38. The lowest BCUT2D eigenvalue weighted by Crippen LogP contribution is -2.51. The molecule has 4 nitrogen and oxygen atoms in total. The molecule has 110 valence electrons. The van der Waals surface area contributed by atoms with Gasteiger partial charge in [0.2, 0.25) is 5.91 Å². The van der Waals surface area contributed by atoms with Crippen molar-refractivity contribution in [3.63, 3.8) is 0 Å². The van der Waals surface area contributed by atoms with Gasteiger partial charge in [-0.1, -0.05) is 20.3 Å². The highest BCUT2D eigenvalue weighted by atomic mass is 32.2.